The Morgan fingerprint density at radius 1 is 1.03 bits per heavy atom. The van der Waals surface area contributed by atoms with E-state index in [9.17, 15) is 26.4 Å². The van der Waals surface area contributed by atoms with Gasteiger partial charge in [-0.05, 0) is 44.7 Å². The Balaban J connectivity index is 0.000000572. The van der Waals surface area contributed by atoms with E-state index in [0.29, 0.717) is 18.0 Å². The van der Waals surface area contributed by atoms with Gasteiger partial charge in [-0.15, -0.1) is 0 Å². The van der Waals surface area contributed by atoms with Crippen molar-refractivity contribution < 1.29 is 36.3 Å². The normalized spacial score (nSPS) is 17.8. The van der Waals surface area contributed by atoms with Crippen LogP contribution in [-0.4, -0.2) is 79.5 Å². The highest BCUT2D eigenvalue weighted by molar-refractivity contribution is 7.89. The van der Waals surface area contributed by atoms with Crippen molar-refractivity contribution in [3.05, 3.63) is 28.8 Å². The first-order valence-electron chi connectivity index (χ1n) is 12.1. The highest BCUT2D eigenvalue weighted by Crippen LogP contribution is 2.31. The molecule has 3 rings (SSSR count). The second-order valence-corrected chi connectivity index (χ2v) is 11.2. The lowest BCUT2D eigenvalue weighted by Crippen LogP contribution is -2.52. The lowest BCUT2D eigenvalue weighted by molar-refractivity contribution is -0.192. The van der Waals surface area contributed by atoms with Crippen LogP contribution in [0.1, 0.15) is 55.2 Å². The Hall–Kier alpha value is -2.18. The molecular formula is C24H36F3N3O5S. The number of aryl methyl sites for hydroxylation is 3. The summed E-state index contributed by atoms with van der Waals surface area (Å²) in [6.45, 7) is 8.44. The minimum Gasteiger partial charge on any atom is -0.475 e. The first-order valence-corrected chi connectivity index (χ1v) is 13.6. The highest BCUT2D eigenvalue weighted by atomic mass is 32.2. The summed E-state index contributed by atoms with van der Waals surface area (Å²) in [5, 5.41) is 10.4. The molecule has 0 unspecified atom stereocenters. The molecule has 1 aliphatic heterocycles. The van der Waals surface area contributed by atoms with Gasteiger partial charge in [-0.25, -0.2) is 13.2 Å². The number of amides is 1. The molecule has 0 spiro atoms. The molecule has 1 heterocycles. The number of nitrogens with zero attached hydrogens (tertiary/aromatic N) is 2. The number of hydrogen-bond donors (Lipinski definition) is 2. The number of carbonyl (C=O) groups is 2. The van der Waals surface area contributed by atoms with Crippen LogP contribution in [0.3, 0.4) is 0 Å². The summed E-state index contributed by atoms with van der Waals surface area (Å²) < 4.78 is 61.0. The predicted octanol–water partition coefficient (Wildman–Crippen LogP) is 3.39. The van der Waals surface area contributed by atoms with Crippen molar-refractivity contribution in [2.24, 2.45) is 0 Å². The summed E-state index contributed by atoms with van der Waals surface area (Å²) in [6, 6.07) is 3.74. The van der Waals surface area contributed by atoms with Gasteiger partial charge in [0.2, 0.25) is 15.9 Å². The Labute approximate surface area is 210 Å². The van der Waals surface area contributed by atoms with Crippen LogP contribution in [0.5, 0.6) is 0 Å². The van der Waals surface area contributed by atoms with Crippen molar-refractivity contribution in [1.82, 2.24) is 14.5 Å². The Kier molecular flexibility index (Phi) is 10.7. The van der Waals surface area contributed by atoms with Crippen LogP contribution in [0.15, 0.2) is 17.0 Å². The zero-order valence-corrected chi connectivity index (χ0v) is 21.8. The van der Waals surface area contributed by atoms with Crippen LogP contribution < -0.4 is 5.32 Å². The third-order valence-corrected chi connectivity index (χ3v) is 8.61. The summed E-state index contributed by atoms with van der Waals surface area (Å²) in [4.78, 5) is 24.1. The minimum absolute atomic E-state index is 0.0558. The van der Waals surface area contributed by atoms with Crippen molar-refractivity contribution in [2.75, 3.05) is 32.7 Å². The molecule has 2 N–H and O–H groups in total. The van der Waals surface area contributed by atoms with Crippen LogP contribution in [0, 0.1) is 20.8 Å². The summed E-state index contributed by atoms with van der Waals surface area (Å²) >= 11 is 0. The van der Waals surface area contributed by atoms with Gasteiger partial charge in [0.1, 0.15) is 0 Å². The summed E-state index contributed by atoms with van der Waals surface area (Å²) in [5.74, 6) is -2.84. The van der Waals surface area contributed by atoms with E-state index in [2.05, 4.69) is 5.32 Å². The van der Waals surface area contributed by atoms with Crippen LogP contribution in [0.25, 0.3) is 0 Å². The van der Waals surface area contributed by atoms with Gasteiger partial charge in [-0.1, -0.05) is 43.4 Å². The average molecular weight is 536 g/mol. The number of carboxylic acid groups (broad SMARTS) is 1. The fourth-order valence-corrected chi connectivity index (χ4v) is 6.84. The number of rotatable bonds is 5. The van der Waals surface area contributed by atoms with Crippen LogP contribution in [0.2, 0.25) is 0 Å². The molecule has 36 heavy (non-hydrogen) atoms. The Morgan fingerprint density at radius 2 is 1.50 bits per heavy atom. The number of carboxylic acids is 1. The summed E-state index contributed by atoms with van der Waals surface area (Å²) in [5.41, 5.74) is 2.57. The Morgan fingerprint density at radius 3 is 1.94 bits per heavy atom. The van der Waals surface area contributed by atoms with E-state index in [-0.39, 0.29) is 18.5 Å². The minimum atomic E-state index is -5.08. The molecule has 1 aliphatic carbocycles. The van der Waals surface area contributed by atoms with E-state index < -0.39 is 22.2 Å². The molecule has 2 fully saturated rings. The number of sulfonamides is 1. The number of benzene rings is 1. The third-order valence-electron chi connectivity index (χ3n) is 6.41. The predicted molar refractivity (Wildman–Crippen MR) is 129 cm³/mol. The quantitative estimate of drug-likeness (QED) is 0.560. The van der Waals surface area contributed by atoms with E-state index in [1.165, 1.54) is 4.31 Å². The van der Waals surface area contributed by atoms with Gasteiger partial charge in [0, 0.05) is 32.2 Å². The second kappa shape index (κ2) is 12.9. The van der Waals surface area contributed by atoms with E-state index in [0.717, 1.165) is 68.3 Å². The van der Waals surface area contributed by atoms with Gasteiger partial charge in [-0.3, -0.25) is 4.79 Å². The molecule has 1 aromatic rings. The lowest BCUT2D eigenvalue weighted by Gasteiger charge is -2.34. The van der Waals surface area contributed by atoms with Gasteiger partial charge in [0.15, 0.2) is 0 Å². The largest absolute Gasteiger partial charge is 0.490 e. The molecule has 1 saturated carbocycles. The van der Waals surface area contributed by atoms with E-state index >= 15 is 0 Å². The molecule has 0 aromatic heterocycles. The molecule has 1 amide bonds. The average Bonchev–Trinajstić information content (AvgIpc) is 3.06. The molecule has 8 nitrogen and oxygen atoms in total. The van der Waals surface area contributed by atoms with Crippen molar-refractivity contribution in [3.63, 3.8) is 0 Å². The number of alkyl halides is 3. The molecule has 0 atom stereocenters. The SMILES string of the molecule is Cc1cc(C)c(S(=O)(=O)N(CC(=O)N2CCNCC2)C2CCCCCC2)c(C)c1.O=C(O)C(F)(F)F. The first kappa shape index (κ1) is 30.0. The van der Waals surface area contributed by atoms with Gasteiger partial charge in [-0.2, -0.15) is 17.5 Å². The van der Waals surface area contributed by atoms with Gasteiger partial charge in [0.25, 0.3) is 0 Å². The number of hydrogen-bond acceptors (Lipinski definition) is 5. The van der Waals surface area contributed by atoms with Gasteiger partial charge >= 0.3 is 12.1 Å². The maximum atomic E-state index is 13.9. The number of nitrogens with one attached hydrogen (secondary N) is 1. The lowest BCUT2D eigenvalue weighted by atomic mass is 10.1. The first-order chi connectivity index (χ1) is 16.7. The molecule has 204 valence electrons. The number of halogens is 3. The molecule has 1 aromatic carbocycles. The topological polar surface area (TPSA) is 107 Å². The Bertz CT molecular complexity index is 993. The maximum Gasteiger partial charge on any atom is 0.490 e. The van der Waals surface area contributed by atoms with Crippen LogP contribution >= 0.6 is 0 Å². The summed E-state index contributed by atoms with van der Waals surface area (Å²) in [6.07, 6.45) is 0.891. The third kappa shape index (κ3) is 8.17. The van der Waals surface area contributed by atoms with E-state index in [4.69, 9.17) is 9.90 Å². The van der Waals surface area contributed by atoms with Crippen molar-refractivity contribution in [3.8, 4) is 0 Å². The standard InChI is InChI=1S/C22H35N3O3S.C2HF3O2/c1-17-14-18(2)22(19(3)15-17)29(27,28)25(20-8-6-4-5-7-9-20)16-21(26)24-12-10-23-11-13-24;3-2(4,5)1(6)7/h14-15,20,23H,4-13,16H2,1-3H3;(H,6,7). The fraction of sp³-hybridized carbons (Fsp3) is 0.667. The molecular weight excluding hydrogens is 499 g/mol. The van der Waals surface area contributed by atoms with Crippen molar-refractivity contribution in [2.45, 2.75) is 76.4 Å². The number of carbonyl (C=O) groups excluding carboxylic acids is 1. The molecule has 2 aliphatic rings. The van der Waals surface area contributed by atoms with E-state index in [1.807, 2.05) is 32.9 Å². The zero-order valence-electron chi connectivity index (χ0n) is 21.0. The van der Waals surface area contributed by atoms with Gasteiger partial charge < -0.3 is 15.3 Å². The molecule has 12 heteroatoms. The van der Waals surface area contributed by atoms with E-state index in [1.54, 1.807) is 4.90 Å². The van der Waals surface area contributed by atoms with Crippen LogP contribution in [-0.2, 0) is 19.6 Å². The monoisotopic (exact) mass is 535 g/mol. The van der Waals surface area contributed by atoms with Gasteiger partial charge in [0.05, 0.1) is 11.4 Å². The second-order valence-electron chi connectivity index (χ2n) is 9.36. The molecule has 1 saturated heterocycles. The van der Waals surface area contributed by atoms with Crippen molar-refractivity contribution in [1.29, 1.82) is 0 Å². The fourth-order valence-electron chi connectivity index (χ4n) is 4.79. The molecule has 0 bridgehead atoms. The molecule has 0 radical (unpaired) electrons. The zero-order chi connectivity index (χ0) is 27.1. The maximum absolute atomic E-state index is 13.9. The van der Waals surface area contributed by atoms with Crippen LogP contribution in [0.4, 0.5) is 13.2 Å². The summed E-state index contributed by atoms with van der Waals surface area (Å²) in [7, 11) is -3.76. The smallest absolute Gasteiger partial charge is 0.475 e. The van der Waals surface area contributed by atoms with Crippen molar-refractivity contribution >= 4 is 21.9 Å². The number of piperazine rings is 1. The highest BCUT2D eigenvalue weighted by Gasteiger charge is 2.38. The number of aliphatic carboxylic acids is 1.